The molecule has 126 valence electrons. The van der Waals surface area contributed by atoms with E-state index in [-0.39, 0.29) is 24.5 Å². The van der Waals surface area contributed by atoms with Gasteiger partial charge in [-0.25, -0.2) is 0 Å². The third-order valence-electron chi connectivity index (χ3n) is 4.39. The molecule has 1 fully saturated rings. The standard InChI is InChI=1S/C18H25NO4/c1-12-6-8-14(9-7-12)16-15(5-4-10-23-16)17(20)19(3)11-13(2)18(21)22/h6-9,13,15-16H,4-5,10-11H2,1-3H3,(H,21,22)/t13-,15+,16+/m1/s1. The number of rotatable bonds is 5. The van der Waals surface area contributed by atoms with Crippen LogP contribution in [0.3, 0.4) is 0 Å². The van der Waals surface area contributed by atoms with Gasteiger partial charge in [-0.2, -0.15) is 0 Å². The van der Waals surface area contributed by atoms with Gasteiger partial charge in [-0.05, 0) is 25.3 Å². The van der Waals surface area contributed by atoms with Crippen molar-refractivity contribution in [1.82, 2.24) is 4.90 Å². The molecule has 1 aliphatic rings. The van der Waals surface area contributed by atoms with Crippen LogP contribution in [0.2, 0.25) is 0 Å². The average Bonchev–Trinajstić information content (AvgIpc) is 2.54. The lowest BCUT2D eigenvalue weighted by Gasteiger charge is -2.34. The van der Waals surface area contributed by atoms with Gasteiger partial charge in [-0.3, -0.25) is 9.59 Å². The monoisotopic (exact) mass is 319 g/mol. The first-order valence-electron chi connectivity index (χ1n) is 8.06. The number of hydrogen-bond donors (Lipinski definition) is 1. The summed E-state index contributed by atoms with van der Waals surface area (Å²) in [5, 5.41) is 9.02. The minimum atomic E-state index is -0.889. The molecule has 1 aliphatic heterocycles. The van der Waals surface area contributed by atoms with Crippen LogP contribution in [0, 0.1) is 18.8 Å². The summed E-state index contributed by atoms with van der Waals surface area (Å²) >= 11 is 0. The van der Waals surface area contributed by atoms with Crippen molar-refractivity contribution in [3.8, 4) is 0 Å². The Morgan fingerprint density at radius 1 is 1.35 bits per heavy atom. The fourth-order valence-corrected chi connectivity index (χ4v) is 2.98. The molecule has 0 saturated carbocycles. The number of carboxylic acids is 1. The van der Waals surface area contributed by atoms with Gasteiger partial charge in [0.15, 0.2) is 0 Å². The highest BCUT2D eigenvalue weighted by Crippen LogP contribution is 2.35. The number of aliphatic carboxylic acids is 1. The van der Waals surface area contributed by atoms with Crippen LogP contribution in [-0.4, -0.2) is 42.1 Å². The minimum absolute atomic E-state index is 0.0385. The molecule has 0 bridgehead atoms. The summed E-state index contributed by atoms with van der Waals surface area (Å²) in [5.41, 5.74) is 2.17. The third-order valence-corrected chi connectivity index (χ3v) is 4.39. The molecule has 2 rings (SSSR count). The molecule has 5 heteroatoms. The molecule has 1 saturated heterocycles. The van der Waals surface area contributed by atoms with Gasteiger partial charge < -0.3 is 14.7 Å². The number of carboxylic acid groups (broad SMARTS) is 1. The maximum atomic E-state index is 12.8. The highest BCUT2D eigenvalue weighted by atomic mass is 16.5. The Balaban J connectivity index is 2.12. The van der Waals surface area contributed by atoms with Gasteiger partial charge >= 0.3 is 5.97 Å². The first-order chi connectivity index (χ1) is 10.9. The topological polar surface area (TPSA) is 66.8 Å². The Labute approximate surface area is 137 Å². The van der Waals surface area contributed by atoms with Crippen molar-refractivity contribution in [3.63, 3.8) is 0 Å². The van der Waals surface area contributed by atoms with Crippen molar-refractivity contribution >= 4 is 11.9 Å². The number of aryl methyl sites for hydroxylation is 1. The molecule has 1 aromatic rings. The Bertz CT molecular complexity index is 555. The predicted molar refractivity (Wildman–Crippen MR) is 87.0 cm³/mol. The molecule has 1 N–H and O–H groups in total. The number of carbonyl (C=O) groups excluding carboxylic acids is 1. The van der Waals surface area contributed by atoms with E-state index in [0.29, 0.717) is 6.61 Å². The first kappa shape index (κ1) is 17.5. The second-order valence-electron chi connectivity index (χ2n) is 6.41. The van der Waals surface area contributed by atoms with Crippen molar-refractivity contribution in [1.29, 1.82) is 0 Å². The summed E-state index contributed by atoms with van der Waals surface area (Å²) in [7, 11) is 1.67. The van der Waals surface area contributed by atoms with Gasteiger partial charge in [0, 0.05) is 20.2 Å². The molecule has 1 heterocycles. The Morgan fingerprint density at radius 3 is 2.61 bits per heavy atom. The molecular formula is C18H25NO4. The van der Waals surface area contributed by atoms with Crippen LogP contribution < -0.4 is 0 Å². The largest absolute Gasteiger partial charge is 0.481 e. The lowest BCUT2D eigenvalue weighted by Crippen LogP contribution is -2.41. The molecule has 0 aromatic heterocycles. The molecular weight excluding hydrogens is 294 g/mol. The highest BCUT2D eigenvalue weighted by molar-refractivity contribution is 5.80. The van der Waals surface area contributed by atoms with E-state index < -0.39 is 11.9 Å². The van der Waals surface area contributed by atoms with Crippen LogP contribution in [0.25, 0.3) is 0 Å². The van der Waals surface area contributed by atoms with E-state index in [9.17, 15) is 9.59 Å². The Hall–Kier alpha value is -1.88. The molecule has 3 atom stereocenters. The summed E-state index contributed by atoms with van der Waals surface area (Å²) in [5.74, 6) is -1.76. The van der Waals surface area contributed by atoms with E-state index in [4.69, 9.17) is 9.84 Å². The molecule has 23 heavy (non-hydrogen) atoms. The van der Waals surface area contributed by atoms with Crippen LogP contribution in [0.1, 0.15) is 37.0 Å². The number of carbonyl (C=O) groups is 2. The smallest absolute Gasteiger partial charge is 0.308 e. The molecule has 1 amide bonds. The lowest BCUT2D eigenvalue weighted by molar-refractivity contribution is -0.147. The van der Waals surface area contributed by atoms with Crippen molar-refractivity contribution in [2.24, 2.45) is 11.8 Å². The summed E-state index contributed by atoms with van der Waals surface area (Å²) < 4.78 is 5.88. The molecule has 0 spiro atoms. The second-order valence-corrected chi connectivity index (χ2v) is 6.41. The SMILES string of the molecule is Cc1ccc([C@@H]2OCCC[C@@H]2C(=O)N(C)C[C@@H](C)C(=O)O)cc1. The molecule has 0 aliphatic carbocycles. The van der Waals surface area contributed by atoms with Crippen molar-refractivity contribution < 1.29 is 19.4 Å². The zero-order valence-corrected chi connectivity index (χ0v) is 14.0. The van der Waals surface area contributed by atoms with Crippen LogP contribution in [0.5, 0.6) is 0 Å². The van der Waals surface area contributed by atoms with E-state index >= 15 is 0 Å². The number of amides is 1. The van der Waals surface area contributed by atoms with E-state index in [0.717, 1.165) is 18.4 Å². The van der Waals surface area contributed by atoms with Gasteiger partial charge in [0.2, 0.25) is 5.91 Å². The van der Waals surface area contributed by atoms with Crippen LogP contribution >= 0.6 is 0 Å². The second kappa shape index (κ2) is 7.59. The maximum Gasteiger partial charge on any atom is 0.308 e. The van der Waals surface area contributed by atoms with Gasteiger partial charge in [-0.1, -0.05) is 36.8 Å². The van der Waals surface area contributed by atoms with Crippen molar-refractivity contribution in [2.75, 3.05) is 20.2 Å². The fourth-order valence-electron chi connectivity index (χ4n) is 2.98. The Kier molecular flexibility index (Phi) is 5.77. The first-order valence-corrected chi connectivity index (χ1v) is 8.06. The number of benzene rings is 1. The average molecular weight is 319 g/mol. The van der Waals surface area contributed by atoms with Gasteiger partial charge in [-0.15, -0.1) is 0 Å². The van der Waals surface area contributed by atoms with Gasteiger partial charge in [0.05, 0.1) is 17.9 Å². The zero-order chi connectivity index (χ0) is 17.0. The van der Waals surface area contributed by atoms with E-state index in [1.165, 1.54) is 10.5 Å². The zero-order valence-electron chi connectivity index (χ0n) is 14.0. The van der Waals surface area contributed by atoms with Gasteiger partial charge in [0.25, 0.3) is 0 Å². The summed E-state index contributed by atoms with van der Waals surface area (Å²) in [6.45, 7) is 4.50. The van der Waals surface area contributed by atoms with Crippen molar-refractivity contribution in [2.45, 2.75) is 32.8 Å². The van der Waals surface area contributed by atoms with Crippen molar-refractivity contribution in [3.05, 3.63) is 35.4 Å². The highest BCUT2D eigenvalue weighted by Gasteiger charge is 2.35. The van der Waals surface area contributed by atoms with Gasteiger partial charge in [0.1, 0.15) is 0 Å². The van der Waals surface area contributed by atoms with E-state index in [1.807, 2.05) is 31.2 Å². The molecule has 0 unspecified atom stereocenters. The van der Waals surface area contributed by atoms with E-state index in [1.54, 1.807) is 14.0 Å². The third kappa shape index (κ3) is 4.32. The molecule has 0 radical (unpaired) electrons. The number of hydrogen-bond acceptors (Lipinski definition) is 3. The van der Waals surface area contributed by atoms with E-state index in [2.05, 4.69) is 0 Å². The maximum absolute atomic E-state index is 12.8. The lowest BCUT2D eigenvalue weighted by atomic mass is 9.88. The molecule has 5 nitrogen and oxygen atoms in total. The quantitative estimate of drug-likeness (QED) is 0.906. The molecule has 1 aromatic carbocycles. The van der Waals surface area contributed by atoms with Crippen LogP contribution in [0.4, 0.5) is 0 Å². The number of nitrogens with zero attached hydrogens (tertiary/aromatic N) is 1. The van der Waals surface area contributed by atoms with Crippen LogP contribution in [0.15, 0.2) is 24.3 Å². The predicted octanol–water partition coefficient (Wildman–Crippen LogP) is 2.64. The number of ether oxygens (including phenoxy) is 1. The fraction of sp³-hybridized carbons (Fsp3) is 0.556. The minimum Gasteiger partial charge on any atom is -0.481 e. The summed E-state index contributed by atoms with van der Waals surface area (Å²) in [6, 6.07) is 8.05. The van der Waals surface area contributed by atoms with Crippen LogP contribution in [-0.2, 0) is 14.3 Å². The summed E-state index contributed by atoms with van der Waals surface area (Å²) in [6.07, 6.45) is 1.36. The normalized spacial score (nSPS) is 22.4. The Morgan fingerprint density at radius 2 is 2.00 bits per heavy atom. The summed E-state index contributed by atoms with van der Waals surface area (Å²) in [4.78, 5) is 25.3.